The molecule has 0 radical (unpaired) electrons. The minimum absolute atomic E-state index is 0.123. The largest absolute Gasteiger partial charge is 0.348 e. The quantitative estimate of drug-likeness (QED) is 0.744. The summed E-state index contributed by atoms with van der Waals surface area (Å²) in [6, 6.07) is 11.9. The molecule has 4 heteroatoms. The molecule has 21 heavy (non-hydrogen) atoms. The van der Waals surface area contributed by atoms with Crippen molar-refractivity contribution in [2.45, 2.75) is 12.3 Å². The summed E-state index contributed by atoms with van der Waals surface area (Å²) in [5.41, 5.74) is 3.98. The van der Waals surface area contributed by atoms with Crippen LogP contribution >= 0.6 is 0 Å². The third-order valence-electron chi connectivity index (χ3n) is 3.39. The van der Waals surface area contributed by atoms with Gasteiger partial charge in [-0.15, -0.1) is 6.42 Å². The molecule has 0 saturated heterocycles. The van der Waals surface area contributed by atoms with E-state index in [1.807, 2.05) is 36.5 Å². The van der Waals surface area contributed by atoms with Crippen LogP contribution < -0.4 is 0 Å². The number of aromatic amines is 1. The van der Waals surface area contributed by atoms with Gasteiger partial charge in [-0.3, -0.25) is 0 Å². The van der Waals surface area contributed by atoms with Crippen LogP contribution in [0.3, 0.4) is 0 Å². The summed E-state index contributed by atoms with van der Waals surface area (Å²) < 4.78 is 0. The van der Waals surface area contributed by atoms with Gasteiger partial charge in [-0.2, -0.15) is 10.2 Å². The van der Waals surface area contributed by atoms with E-state index in [1.54, 1.807) is 12.5 Å². The Balaban J connectivity index is 1.98. The summed E-state index contributed by atoms with van der Waals surface area (Å²) in [5.74, 6) is 2.80. The van der Waals surface area contributed by atoms with E-state index >= 15 is 0 Å². The lowest BCUT2D eigenvalue weighted by molar-refractivity contribution is 0.744. The predicted octanol–water partition coefficient (Wildman–Crippen LogP) is 2.56. The standard InChI is InChI=1S/C17H14N4/c1-2-13-5-3-6-14(9-13)16(17-11-18-12-19-17)10-15-7-4-8-20-21-15/h1,3-9,11-12,16H,10H2,(H,18,19). The molecule has 1 N–H and O–H groups in total. The van der Waals surface area contributed by atoms with Crippen molar-refractivity contribution < 1.29 is 0 Å². The molecule has 0 aliphatic rings. The number of aromatic nitrogens is 4. The van der Waals surface area contributed by atoms with Gasteiger partial charge in [0, 0.05) is 36.0 Å². The number of nitrogens with one attached hydrogen (secondary N) is 1. The maximum absolute atomic E-state index is 5.50. The molecule has 102 valence electrons. The number of terminal acetylenes is 1. The van der Waals surface area contributed by atoms with Crippen LogP contribution in [0.4, 0.5) is 0 Å². The van der Waals surface area contributed by atoms with Gasteiger partial charge in [0.05, 0.1) is 12.0 Å². The SMILES string of the molecule is C#Cc1cccc(C(Cc2cccnn2)c2cnc[nH]2)c1. The van der Waals surface area contributed by atoms with Gasteiger partial charge in [0.1, 0.15) is 0 Å². The molecule has 4 nitrogen and oxygen atoms in total. The van der Waals surface area contributed by atoms with E-state index < -0.39 is 0 Å². The van der Waals surface area contributed by atoms with E-state index in [0.717, 1.165) is 28.9 Å². The zero-order valence-electron chi connectivity index (χ0n) is 11.4. The molecule has 2 heterocycles. The fourth-order valence-electron chi connectivity index (χ4n) is 2.36. The van der Waals surface area contributed by atoms with Gasteiger partial charge in [-0.1, -0.05) is 18.1 Å². The van der Waals surface area contributed by atoms with Crippen LogP contribution in [0.2, 0.25) is 0 Å². The van der Waals surface area contributed by atoms with Crippen LogP contribution in [0, 0.1) is 12.3 Å². The van der Waals surface area contributed by atoms with E-state index in [1.165, 1.54) is 0 Å². The lowest BCUT2D eigenvalue weighted by Gasteiger charge is -2.15. The molecule has 0 fully saturated rings. The minimum atomic E-state index is 0.123. The number of imidazole rings is 1. The van der Waals surface area contributed by atoms with Crippen LogP contribution in [0.1, 0.15) is 28.4 Å². The zero-order valence-corrected chi connectivity index (χ0v) is 11.4. The van der Waals surface area contributed by atoms with Crippen molar-refractivity contribution in [3.8, 4) is 12.3 Å². The van der Waals surface area contributed by atoms with E-state index in [2.05, 4.69) is 32.2 Å². The van der Waals surface area contributed by atoms with Crippen LogP contribution in [-0.4, -0.2) is 20.2 Å². The number of benzene rings is 1. The summed E-state index contributed by atoms with van der Waals surface area (Å²) in [6.45, 7) is 0. The molecular formula is C17H14N4. The predicted molar refractivity (Wildman–Crippen MR) is 80.5 cm³/mol. The lowest BCUT2D eigenvalue weighted by Crippen LogP contribution is -2.07. The van der Waals surface area contributed by atoms with Gasteiger partial charge in [-0.05, 0) is 29.8 Å². The summed E-state index contributed by atoms with van der Waals surface area (Å²) >= 11 is 0. The van der Waals surface area contributed by atoms with Crippen LogP contribution in [0.15, 0.2) is 55.1 Å². The molecule has 0 saturated carbocycles. The number of hydrogen-bond acceptors (Lipinski definition) is 3. The van der Waals surface area contributed by atoms with Crippen LogP contribution in [0.5, 0.6) is 0 Å². The topological polar surface area (TPSA) is 54.5 Å². The first-order valence-electron chi connectivity index (χ1n) is 6.68. The first-order valence-corrected chi connectivity index (χ1v) is 6.68. The Hall–Kier alpha value is -2.93. The molecule has 3 aromatic rings. The molecule has 1 atom stereocenters. The van der Waals surface area contributed by atoms with Gasteiger partial charge in [0.2, 0.25) is 0 Å². The zero-order chi connectivity index (χ0) is 14.5. The third-order valence-corrected chi connectivity index (χ3v) is 3.39. The van der Waals surface area contributed by atoms with Crippen LogP contribution in [0.25, 0.3) is 0 Å². The first-order chi connectivity index (χ1) is 10.4. The highest BCUT2D eigenvalue weighted by Gasteiger charge is 2.17. The number of H-pyrrole nitrogens is 1. The molecule has 0 amide bonds. The maximum Gasteiger partial charge on any atom is 0.0921 e. The van der Waals surface area contributed by atoms with Crippen LogP contribution in [-0.2, 0) is 6.42 Å². The molecule has 1 aromatic carbocycles. The lowest BCUT2D eigenvalue weighted by atomic mass is 9.90. The molecule has 1 unspecified atom stereocenters. The molecule has 2 aromatic heterocycles. The fourth-order valence-corrected chi connectivity index (χ4v) is 2.36. The van der Waals surface area contributed by atoms with Crippen molar-refractivity contribution in [2.75, 3.05) is 0 Å². The van der Waals surface area contributed by atoms with Gasteiger partial charge in [0.25, 0.3) is 0 Å². The Bertz CT molecular complexity index is 742. The second-order valence-corrected chi connectivity index (χ2v) is 4.75. The van der Waals surface area contributed by atoms with Gasteiger partial charge >= 0.3 is 0 Å². The average molecular weight is 274 g/mol. The highest BCUT2D eigenvalue weighted by molar-refractivity contribution is 5.39. The maximum atomic E-state index is 5.50. The van der Waals surface area contributed by atoms with E-state index in [9.17, 15) is 0 Å². The fraction of sp³-hybridized carbons (Fsp3) is 0.118. The Morgan fingerprint density at radius 1 is 1.24 bits per heavy atom. The number of nitrogens with zero attached hydrogens (tertiary/aromatic N) is 3. The Kier molecular flexibility index (Phi) is 3.74. The molecule has 0 aliphatic heterocycles. The molecule has 0 bridgehead atoms. The van der Waals surface area contributed by atoms with E-state index in [4.69, 9.17) is 6.42 Å². The Labute approximate surface area is 123 Å². The third kappa shape index (κ3) is 2.98. The molecule has 3 rings (SSSR count). The highest BCUT2D eigenvalue weighted by Crippen LogP contribution is 2.26. The van der Waals surface area contributed by atoms with E-state index in [0.29, 0.717) is 0 Å². The number of hydrogen-bond donors (Lipinski definition) is 1. The van der Waals surface area contributed by atoms with Gasteiger partial charge < -0.3 is 4.98 Å². The number of rotatable bonds is 4. The Morgan fingerprint density at radius 3 is 2.90 bits per heavy atom. The summed E-state index contributed by atoms with van der Waals surface area (Å²) in [4.78, 5) is 7.30. The normalized spacial score (nSPS) is 11.8. The Morgan fingerprint density at radius 2 is 2.19 bits per heavy atom. The molecule has 0 spiro atoms. The van der Waals surface area contributed by atoms with Crippen molar-refractivity contribution in [1.82, 2.24) is 20.2 Å². The smallest absolute Gasteiger partial charge is 0.0921 e. The van der Waals surface area contributed by atoms with Crippen molar-refractivity contribution >= 4 is 0 Å². The second kappa shape index (κ2) is 6.02. The van der Waals surface area contributed by atoms with Crippen molar-refractivity contribution in [1.29, 1.82) is 0 Å². The van der Waals surface area contributed by atoms with Gasteiger partial charge in [0.15, 0.2) is 0 Å². The van der Waals surface area contributed by atoms with Crippen molar-refractivity contribution in [3.63, 3.8) is 0 Å². The highest BCUT2D eigenvalue weighted by atomic mass is 15.1. The summed E-state index contributed by atoms with van der Waals surface area (Å²) in [7, 11) is 0. The monoisotopic (exact) mass is 274 g/mol. The average Bonchev–Trinajstić information content (AvgIpc) is 3.08. The first kappa shape index (κ1) is 13.1. The second-order valence-electron chi connectivity index (χ2n) is 4.75. The van der Waals surface area contributed by atoms with Crippen molar-refractivity contribution in [3.05, 3.63) is 77.6 Å². The molecular weight excluding hydrogens is 260 g/mol. The van der Waals surface area contributed by atoms with E-state index in [-0.39, 0.29) is 5.92 Å². The van der Waals surface area contributed by atoms with Gasteiger partial charge in [-0.25, -0.2) is 4.98 Å². The van der Waals surface area contributed by atoms with Crippen molar-refractivity contribution in [2.24, 2.45) is 0 Å². The molecule has 0 aliphatic carbocycles. The minimum Gasteiger partial charge on any atom is -0.348 e. The summed E-state index contributed by atoms with van der Waals surface area (Å²) in [5, 5.41) is 8.11. The summed E-state index contributed by atoms with van der Waals surface area (Å²) in [6.07, 6.45) is 11.4.